The summed E-state index contributed by atoms with van der Waals surface area (Å²) in [5, 5.41) is 6.39. The maximum Gasteiger partial charge on any atom is 0.373 e. The van der Waals surface area contributed by atoms with Crippen LogP contribution in [0.25, 0.3) is 22.4 Å². The minimum Gasteiger partial charge on any atom is -0.383 e. The number of anilines is 1. The number of carbonyl (C=O) groups excluding carboxylic acids is 2. The first kappa shape index (κ1) is 22.8. The summed E-state index contributed by atoms with van der Waals surface area (Å²) in [6.07, 6.45) is 3.66. The van der Waals surface area contributed by atoms with Gasteiger partial charge in [0.15, 0.2) is 5.82 Å². The topological polar surface area (TPSA) is 117 Å². The number of halogens is 1. The zero-order chi connectivity index (χ0) is 23.9. The normalized spacial score (nSPS) is 10.4. The molecule has 0 radical (unpaired) electrons. The molecule has 8 nitrogen and oxygen atoms in total. The highest BCUT2D eigenvalue weighted by Crippen LogP contribution is 2.32. The lowest BCUT2D eigenvalue weighted by Crippen LogP contribution is -2.04. The molecule has 0 saturated heterocycles. The summed E-state index contributed by atoms with van der Waals surface area (Å²) in [6.45, 7) is 0.302. The van der Waals surface area contributed by atoms with Crippen molar-refractivity contribution in [3.63, 3.8) is 0 Å². The molecule has 0 amide bonds. The molecule has 0 fully saturated rings. The number of rotatable bonds is 5. The molecule has 0 saturated carbocycles. The van der Waals surface area contributed by atoms with Crippen molar-refractivity contribution in [3.05, 3.63) is 90.5 Å². The molecule has 0 unspecified atom stereocenters. The molecule has 5 rings (SSSR count). The molecule has 0 aliphatic carbocycles. The van der Waals surface area contributed by atoms with Crippen LogP contribution in [-0.2, 0) is 16.1 Å². The third-order valence-electron chi connectivity index (χ3n) is 4.78. The Morgan fingerprint density at radius 1 is 0.971 bits per heavy atom. The van der Waals surface area contributed by atoms with Crippen LogP contribution in [0.1, 0.15) is 5.56 Å². The van der Waals surface area contributed by atoms with Crippen molar-refractivity contribution < 1.29 is 14.0 Å². The largest absolute Gasteiger partial charge is 0.383 e. The number of pyridine rings is 1. The Bertz CT molecular complexity index is 1470. The van der Waals surface area contributed by atoms with Gasteiger partial charge in [-0.3, -0.25) is 4.68 Å². The Kier molecular flexibility index (Phi) is 7.02. The summed E-state index contributed by atoms with van der Waals surface area (Å²) in [4.78, 5) is 30.3. The second-order valence-electron chi connectivity index (χ2n) is 6.91. The number of fused-ring (bicyclic) bond motifs is 1. The molecule has 0 aliphatic rings. The first-order chi connectivity index (χ1) is 16.6. The lowest BCUT2D eigenvalue weighted by Gasteiger charge is -2.05. The van der Waals surface area contributed by atoms with Crippen LogP contribution in [0.5, 0.6) is 0 Å². The molecule has 3 aromatic heterocycles. The van der Waals surface area contributed by atoms with Crippen molar-refractivity contribution in [1.82, 2.24) is 24.7 Å². The summed E-state index contributed by atoms with van der Waals surface area (Å²) in [6, 6.07) is 20.1. The highest BCUT2D eigenvalue weighted by Gasteiger charge is 2.17. The van der Waals surface area contributed by atoms with Gasteiger partial charge in [0.2, 0.25) is 0 Å². The van der Waals surface area contributed by atoms with E-state index in [4.69, 9.17) is 20.4 Å². The van der Waals surface area contributed by atoms with E-state index in [0.29, 0.717) is 29.4 Å². The predicted molar refractivity (Wildman–Crippen MR) is 124 cm³/mol. The highest BCUT2D eigenvalue weighted by atomic mass is 32.2. The second-order valence-corrected chi connectivity index (χ2v) is 7.97. The fraction of sp³-hybridized carbons (Fsp3) is 0.0417. The zero-order valence-electron chi connectivity index (χ0n) is 17.6. The standard InChI is InChI=1S/C23H17FN6S.CO2/c24-17-9-3-1-7-15(17)14-30-18-10-4-2-8-16(18)21(29-30)23-27-13-19(22(25)28-23)31-20-11-5-6-12-26-20;2-1-3/h1-13H,14H2,(H2,25,27,28);. The van der Waals surface area contributed by atoms with Crippen LogP contribution in [0, 0.1) is 5.82 Å². The van der Waals surface area contributed by atoms with Gasteiger partial charge in [0, 0.05) is 23.3 Å². The number of hydrogen-bond acceptors (Lipinski definition) is 8. The SMILES string of the molecule is Nc1nc(-c2nn(Cc3ccccc3F)c3ccccc23)ncc1Sc1ccccn1.O=C=O. The number of nitrogen functional groups attached to an aromatic ring is 1. The maximum absolute atomic E-state index is 14.2. The minimum absolute atomic E-state index is 0.250. The fourth-order valence-electron chi connectivity index (χ4n) is 3.30. The smallest absolute Gasteiger partial charge is 0.373 e. The molecule has 2 N–H and O–H groups in total. The van der Waals surface area contributed by atoms with Crippen molar-refractivity contribution in [2.45, 2.75) is 16.5 Å². The number of nitrogens with zero attached hydrogens (tertiary/aromatic N) is 5. The van der Waals surface area contributed by atoms with E-state index >= 15 is 0 Å². The lowest BCUT2D eigenvalue weighted by atomic mass is 10.2. The van der Waals surface area contributed by atoms with Crippen molar-refractivity contribution in [2.24, 2.45) is 0 Å². The van der Waals surface area contributed by atoms with Crippen molar-refractivity contribution in [1.29, 1.82) is 0 Å². The summed E-state index contributed by atoms with van der Waals surface area (Å²) in [5.74, 6) is 0.514. The first-order valence-electron chi connectivity index (χ1n) is 10.0. The van der Waals surface area contributed by atoms with Crippen LogP contribution in [0.3, 0.4) is 0 Å². The van der Waals surface area contributed by atoms with Gasteiger partial charge in [0.1, 0.15) is 22.4 Å². The molecule has 0 spiro atoms. The summed E-state index contributed by atoms with van der Waals surface area (Å²) >= 11 is 1.40. The minimum atomic E-state index is -0.264. The summed E-state index contributed by atoms with van der Waals surface area (Å²) < 4.78 is 16.0. The first-order valence-corrected chi connectivity index (χ1v) is 10.8. The van der Waals surface area contributed by atoms with Gasteiger partial charge in [-0.15, -0.1) is 0 Å². The Morgan fingerprint density at radius 3 is 2.44 bits per heavy atom. The molecule has 2 aromatic carbocycles. The van der Waals surface area contributed by atoms with Crippen molar-refractivity contribution >= 4 is 34.6 Å². The van der Waals surface area contributed by atoms with Crippen LogP contribution in [0.15, 0.2) is 89.0 Å². The Morgan fingerprint density at radius 2 is 1.71 bits per heavy atom. The van der Waals surface area contributed by atoms with Crippen LogP contribution in [0.2, 0.25) is 0 Å². The van der Waals surface area contributed by atoms with E-state index in [1.807, 2.05) is 48.5 Å². The van der Waals surface area contributed by atoms with Gasteiger partial charge in [-0.2, -0.15) is 14.7 Å². The number of nitrogens with two attached hydrogens (primary N) is 1. The Hall–Kier alpha value is -4.40. The predicted octanol–water partition coefficient (Wildman–Crippen LogP) is 4.23. The molecule has 34 heavy (non-hydrogen) atoms. The number of benzene rings is 2. The average molecular weight is 473 g/mol. The van der Waals surface area contributed by atoms with E-state index in [-0.39, 0.29) is 12.0 Å². The lowest BCUT2D eigenvalue weighted by molar-refractivity contribution is -0.191. The van der Waals surface area contributed by atoms with E-state index in [1.54, 1.807) is 29.2 Å². The third-order valence-corrected chi connectivity index (χ3v) is 5.77. The van der Waals surface area contributed by atoms with Gasteiger partial charge in [0.05, 0.1) is 17.0 Å². The molecular formula is C24H17FN6O2S. The molecular weight excluding hydrogens is 455 g/mol. The molecule has 168 valence electrons. The number of hydrogen-bond donors (Lipinski definition) is 1. The van der Waals surface area contributed by atoms with Gasteiger partial charge in [-0.1, -0.05) is 54.2 Å². The molecule has 5 aromatic rings. The zero-order valence-corrected chi connectivity index (χ0v) is 18.4. The van der Waals surface area contributed by atoms with Crippen LogP contribution in [0.4, 0.5) is 10.2 Å². The van der Waals surface area contributed by atoms with E-state index in [2.05, 4.69) is 15.0 Å². The molecule has 0 bridgehead atoms. The number of para-hydroxylation sites is 1. The average Bonchev–Trinajstić information content (AvgIpc) is 3.21. The molecule has 10 heteroatoms. The van der Waals surface area contributed by atoms with Crippen LogP contribution < -0.4 is 5.73 Å². The Labute approximate surface area is 197 Å². The van der Waals surface area contributed by atoms with E-state index in [0.717, 1.165) is 20.8 Å². The van der Waals surface area contributed by atoms with Crippen LogP contribution >= 0.6 is 11.8 Å². The molecule has 0 aliphatic heterocycles. The highest BCUT2D eigenvalue weighted by molar-refractivity contribution is 7.99. The molecule has 0 atom stereocenters. The maximum atomic E-state index is 14.2. The van der Waals surface area contributed by atoms with Gasteiger partial charge >= 0.3 is 6.15 Å². The van der Waals surface area contributed by atoms with Gasteiger partial charge in [-0.25, -0.2) is 19.3 Å². The van der Waals surface area contributed by atoms with E-state index < -0.39 is 0 Å². The number of aromatic nitrogens is 5. The summed E-state index contributed by atoms with van der Waals surface area (Å²) in [5.41, 5.74) is 8.25. The molecule has 3 heterocycles. The quantitative estimate of drug-likeness (QED) is 0.404. The Balaban J connectivity index is 0.000000868. The van der Waals surface area contributed by atoms with Gasteiger partial charge < -0.3 is 5.73 Å². The monoisotopic (exact) mass is 472 g/mol. The van der Waals surface area contributed by atoms with Crippen LogP contribution in [-0.4, -0.2) is 30.9 Å². The van der Waals surface area contributed by atoms with Crippen molar-refractivity contribution in [3.8, 4) is 11.5 Å². The van der Waals surface area contributed by atoms with E-state index in [9.17, 15) is 4.39 Å². The summed E-state index contributed by atoms with van der Waals surface area (Å²) in [7, 11) is 0. The van der Waals surface area contributed by atoms with Crippen molar-refractivity contribution in [2.75, 3.05) is 5.73 Å². The third kappa shape index (κ3) is 4.98. The van der Waals surface area contributed by atoms with Gasteiger partial charge in [0.25, 0.3) is 0 Å². The van der Waals surface area contributed by atoms with Gasteiger partial charge in [-0.05, 0) is 24.3 Å². The van der Waals surface area contributed by atoms with E-state index in [1.165, 1.54) is 17.8 Å². The fourth-order valence-corrected chi connectivity index (χ4v) is 4.04. The second kappa shape index (κ2) is 10.5.